The van der Waals surface area contributed by atoms with Crippen LogP contribution in [0.15, 0.2) is 48.5 Å². The van der Waals surface area contributed by atoms with Crippen LogP contribution in [0, 0.1) is 12.7 Å². The molecule has 1 aliphatic carbocycles. The third-order valence-corrected chi connectivity index (χ3v) is 6.88. The number of hydrogen-bond donors (Lipinski definition) is 2. The van der Waals surface area contributed by atoms with Crippen LogP contribution in [0.3, 0.4) is 0 Å². The number of benzene rings is 2. The van der Waals surface area contributed by atoms with Gasteiger partial charge in [0.15, 0.2) is 0 Å². The molecule has 0 aromatic heterocycles. The van der Waals surface area contributed by atoms with Crippen molar-refractivity contribution in [3.63, 3.8) is 0 Å². The van der Waals surface area contributed by atoms with E-state index in [-0.39, 0.29) is 35.5 Å². The monoisotopic (exact) mass is 440 g/mol. The van der Waals surface area contributed by atoms with Gasteiger partial charge in [-0.15, -0.1) is 0 Å². The maximum atomic E-state index is 13.4. The Morgan fingerprint density at radius 1 is 1.16 bits per heavy atom. The summed E-state index contributed by atoms with van der Waals surface area (Å²) < 4.78 is 13.4. The van der Waals surface area contributed by atoms with Gasteiger partial charge in [-0.25, -0.2) is 4.39 Å². The Balaban J connectivity index is 1.77. The molecule has 2 aromatic rings. The molecule has 0 radical (unpaired) electrons. The van der Waals surface area contributed by atoms with Gasteiger partial charge in [0.2, 0.25) is 11.8 Å². The van der Waals surface area contributed by atoms with Crippen LogP contribution in [0.1, 0.15) is 49.3 Å². The molecule has 0 unspecified atom stereocenters. The Morgan fingerprint density at radius 3 is 2.50 bits per heavy atom. The molecule has 2 N–H and O–H groups in total. The molecule has 0 aliphatic heterocycles. The van der Waals surface area contributed by atoms with E-state index >= 15 is 0 Å². The number of carbonyl (C=O) groups excluding carboxylic acids is 2. The van der Waals surface area contributed by atoms with Crippen LogP contribution >= 0.6 is 0 Å². The summed E-state index contributed by atoms with van der Waals surface area (Å²) in [6, 6.07) is 14.2. The molecule has 1 fully saturated rings. The third-order valence-electron chi connectivity index (χ3n) is 6.88. The molecule has 1 aliphatic rings. The van der Waals surface area contributed by atoms with Gasteiger partial charge in [-0.3, -0.25) is 9.59 Å². The van der Waals surface area contributed by atoms with E-state index in [9.17, 15) is 19.1 Å². The lowest BCUT2D eigenvalue weighted by Crippen LogP contribution is -2.45. The number of carbonyl (C=O) groups is 2. The van der Waals surface area contributed by atoms with E-state index in [0.29, 0.717) is 25.8 Å². The molecule has 3 atom stereocenters. The van der Waals surface area contributed by atoms with Crippen molar-refractivity contribution in [1.29, 1.82) is 0 Å². The van der Waals surface area contributed by atoms with Crippen LogP contribution in [-0.2, 0) is 21.4 Å². The highest BCUT2D eigenvalue weighted by molar-refractivity contribution is 5.79. The Bertz CT molecular complexity index is 949. The van der Waals surface area contributed by atoms with Crippen molar-refractivity contribution in [1.82, 2.24) is 10.2 Å². The van der Waals surface area contributed by atoms with Crippen LogP contribution in [0.5, 0.6) is 0 Å². The smallest absolute Gasteiger partial charge is 0.227 e. The summed E-state index contributed by atoms with van der Waals surface area (Å²) in [4.78, 5) is 26.3. The van der Waals surface area contributed by atoms with Crippen molar-refractivity contribution in [2.45, 2.75) is 63.5 Å². The zero-order chi connectivity index (χ0) is 23.3. The predicted octanol–water partition coefficient (Wildman–Crippen LogP) is 3.51. The first-order chi connectivity index (χ1) is 15.2. The molecule has 0 spiro atoms. The summed E-state index contributed by atoms with van der Waals surface area (Å²) >= 11 is 0. The standard InChI is InChI=1S/C26H33FN2O3/c1-18-15-22(27)10-9-20(18)16-25(32)29(3)23-11-13-26(14-12-24(23)31,17-28-19(2)30)21-7-5-4-6-8-21/h4-10,15,23-24,31H,11-14,16-17H2,1-3H3,(H,28,30)/t23-,24-,26-/m1/s1. The quantitative estimate of drug-likeness (QED) is 0.676. The normalized spacial score (nSPS) is 23.3. The average Bonchev–Trinajstić information content (AvgIpc) is 2.94. The number of aliphatic hydroxyl groups is 1. The van der Waals surface area contributed by atoms with Crippen molar-refractivity contribution in [2.24, 2.45) is 0 Å². The van der Waals surface area contributed by atoms with E-state index in [1.807, 2.05) is 18.2 Å². The van der Waals surface area contributed by atoms with Crippen LogP contribution in [0.4, 0.5) is 4.39 Å². The Hall–Kier alpha value is -2.73. The summed E-state index contributed by atoms with van der Waals surface area (Å²) in [5.74, 6) is -0.496. The number of aliphatic hydroxyl groups excluding tert-OH is 1. The zero-order valence-electron chi connectivity index (χ0n) is 19.1. The first-order valence-corrected chi connectivity index (χ1v) is 11.2. The second-order valence-corrected chi connectivity index (χ2v) is 9.02. The fourth-order valence-corrected chi connectivity index (χ4v) is 4.79. The largest absolute Gasteiger partial charge is 0.391 e. The molecule has 0 heterocycles. The topological polar surface area (TPSA) is 69.6 Å². The lowest BCUT2D eigenvalue weighted by molar-refractivity contribution is -0.133. The zero-order valence-corrected chi connectivity index (χ0v) is 19.1. The summed E-state index contributed by atoms with van der Waals surface area (Å²) in [6.45, 7) is 3.80. The van der Waals surface area contributed by atoms with Gasteiger partial charge in [-0.2, -0.15) is 0 Å². The van der Waals surface area contributed by atoms with E-state index in [2.05, 4.69) is 17.4 Å². The van der Waals surface area contributed by atoms with E-state index < -0.39 is 6.10 Å². The second kappa shape index (κ2) is 10.3. The van der Waals surface area contributed by atoms with Crippen molar-refractivity contribution in [2.75, 3.05) is 13.6 Å². The van der Waals surface area contributed by atoms with Gasteiger partial charge in [-0.05, 0) is 61.4 Å². The van der Waals surface area contributed by atoms with E-state index in [1.54, 1.807) is 24.9 Å². The molecule has 172 valence electrons. The molecule has 1 saturated carbocycles. The van der Waals surface area contributed by atoms with Crippen LogP contribution in [-0.4, -0.2) is 47.6 Å². The molecular formula is C26H33FN2O3. The van der Waals surface area contributed by atoms with E-state index in [4.69, 9.17) is 0 Å². The van der Waals surface area contributed by atoms with Crippen LogP contribution in [0.25, 0.3) is 0 Å². The number of rotatable bonds is 6. The van der Waals surface area contributed by atoms with Gasteiger partial charge in [-0.1, -0.05) is 36.4 Å². The van der Waals surface area contributed by atoms with Gasteiger partial charge >= 0.3 is 0 Å². The summed E-state index contributed by atoms with van der Waals surface area (Å²) in [5, 5.41) is 13.9. The number of likely N-dealkylation sites (N-methyl/N-ethyl adjacent to an activating group) is 1. The molecule has 5 nitrogen and oxygen atoms in total. The number of hydrogen-bond acceptors (Lipinski definition) is 3. The summed E-state index contributed by atoms with van der Waals surface area (Å²) in [7, 11) is 1.73. The first-order valence-electron chi connectivity index (χ1n) is 11.2. The highest BCUT2D eigenvalue weighted by Crippen LogP contribution is 2.39. The average molecular weight is 441 g/mol. The number of amides is 2. The van der Waals surface area contributed by atoms with Crippen LogP contribution < -0.4 is 5.32 Å². The maximum Gasteiger partial charge on any atom is 0.227 e. The molecule has 6 heteroatoms. The highest BCUT2D eigenvalue weighted by atomic mass is 19.1. The molecule has 2 aromatic carbocycles. The van der Waals surface area contributed by atoms with Gasteiger partial charge in [0.05, 0.1) is 18.6 Å². The number of aryl methyl sites for hydroxylation is 1. The molecule has 32 heavy (non-hydrogen) atoms. The lowest BCUT2D eigenvalue weighted by Gasteiger charge is -2.34. The number of halogens is 1. The molecule has 3 rings (SSSR count). The summed E-state index contributed by atoms with van der Waals surface area (Å²) in [6.07, 6.45) is 2.13. The fourth-order valence-electron chi connectivity index (χ4n) is 4.79. The van der Waals surface area contributed by atoms with Gasteiger partial charge in [0.25, 0.3) is 0 Å². The minimum atomic E-state index is -0.652. The Morgan fingerprint density at radius 2 is 1.84 bits per heavy atom. The van der Waals surface area contributed by atoms with Crippen molar-refractivity contribution in [3.05, 3.63) is 71.0 Å². The highest BCUT2D eigenvalue weighted by Gasteiger charge is 2.39. The van der Waals surface area contributed by atoms with Gasteiger partial charge < -0.3 is 15.3 Å². The van der Waals surface area contributed by atoms with Crippen molar-refractivity contribution >= 4 is 11.8 Å². The van der Waals surface area contributed by atoms with Crippen LogP contribution in [0.2, 0.25) is 0 Å². The molecule has 0 bridgehead atoms. The van der Waals surface area contributed by atoms with Gasteiger partial charge in [0.1, 0.15) is 5.82 Å². The second-order valence-electron chi connectivity index (χ2n) is 9.02. The SMILES string of the molecule is CC(=O)NC[C@]1(c2ccccc2)CC[C@@H](O)[C@H](N(C)C(=O)Cc2ccc(F)cc2C)CC1. The van der Waals surface area contributed by atoms with E-state index in [0.717, 1.165) is 23.1 Å². The Kier molecular flexibility index (Phi) is 7.67. The van der Waals surface area contributed by atoms with Crippen molar-refractivity contribution < 1.29 is 19.1 Å². The van der Waals surface area contributed by atoms with Gasteiger partial charge in [0, 0.05) is 25.9 Å². The third kappa shape index (κ3) is 5.54. The fraction of sp³-hybridized carbons (Fsp3) is 0.462. The molecular weight excluding hydrogens is 407 g/mol. The molecule has 0 saturated heterocycles. The minimum Gasteiger partial charge on any atom is -0.391 e. The van der Waals surface area contributed by atoms with E-state index in [1.165, 1.54) is 19.1 Å². The molecule has 2 amide bonds. The summed E-state index contributed by atoms with van der Waals surface area (Å²) in [5.41, 5.74) is 2.37. The predicted molar refractivity (Wildman–Crippen MR) is 123 cm³/mol. The van der Waals surface area contributed by atoms with Crippen molar-refractivity contribution in [3.8, 4) is 0 Å². The lowest BCUT2D eigenvalue weighted by atomic mass is 9.74. The Labute approximate surface area is 189 Å². The minimum absolute atomic E-state index is 0.0800. The maximum absolute atomic E-state index is 13.4. The number of nitrogens with zero attached hydrogens (tertiary/aromatic N) is 1. The number of nitrogens with one attached hydrogen (secondary N) is 1. The first kappa shape index (κ1) is 23.9.